The van der Waals surface area contributed by atoms with Crippen LogP contribution in [0, 0.1) is 0 Å². The molecule has 2 rings (SSSR count). The Bertz CT molecular complexity index is 545. The molecule has 0 bridgehead atoms. The van der Waals surface area contributed by atoms with Crippen molar-refractivity contribution in [3.63, 3.8) is 0 Å². The summed E-state index contributed by atoms with van der Waals surface area (Å²) in [5.74, 6) is 0.727. The summed E-state index contributed by atoms with van der Waals surface area (Å²) in [5.41, 5.74) is 1.73. The number of halogens is 1. The summed E-state index contributed by atoms with van der Waals surface area (Å²) in [4.78, 5) is 0. The number of benzene rings is 2. The molecule has 0 aromatic heterocycles. The predicted molar refractivity (Wildman–Crippen MR) is 85.9 cm³/mol. The Morgan fingerprint density at radius 2 is 1.64 bits per heavy atom. The Hall–Kier alpha value is -1.91. The predicted octanol–water partition coefficient (Wildman–Crippen LogP) is 3.68. The molecule has 0 aliphatic heterocycles. The van der Waals surface area contributed by atoms with E-state index in [-0.39, 0.29) is 12.6 Å². The number of nitrogens with one attached hydrogen (secondary N) is 1. The van der Waals surface area contributed by atoms with E-state index in [2.05, 4.69) is 5.32 Å². The zero-order valence-electron chi connectivity index (χ0n) is 13.0. The van der Waals surface area contributed by atoms with Gasteiger partial charge in [-0.15, -0.1) is 0 Å². The van der Waals surface area contributed by atoms with E-state index in [0.717, 1.165) is 11.3 Å². The molecule has 0 amide bonds. The molecule has 3 nitrogen and oxygen atoms in total. The standard InChI is InChI=1S/C18H22FNO2/c1-21-13-18(15-6-4-3-5-7-15)20-12-17(19)14-8-10-16(22-2)11-9-14/h3-11,17-18,20H,12-13H2,1-2H3/t17-,18-/m0/s1. The van der Waals surface area contributed by atoms with Gasteiger partial charge in [-0.25, -0.2) is 4.39 Å². The van der Waals surface area contributed by atoms with Crippen LogP contribution in [0.4, 0.5) is 4.39 Å². The lowest BCUT2D eigenvalue weighted by Crippen LogP contribution is -2.28. The summed E-state index contributed by atoms with van der Waals surface area (Å²) < 4.78 is 24.7. The first kappa shape index (κ1) is 16.5. The highest BCUT2D eigenvalue weighted by Gasteiger charge is 2.15. The molecule has 0 spiro atoms. The van der Waals surface area contributed by atoms with Crippen LogP contribution in [-0.2, 0) is 4.74 Å². The Morgan fingerprint density at radius 3 is 2.23 bits per heavy atom. The quantitative estimate of drug-likeness (QED) is 0.807. The molecule has 1 N–H and O–H groups in total. The van der Waals surface area contributed by atoms with Crippen molar-refractivity contribution in [1.82, 2.24) is 5.32 Å². The van der Waals surface area contributed by atoms with E-state index in [0.29, 0.717) is 12.2 Å². The highest BCUT2D eigenvalue weighted by atomic mass is 19.1. The molecule has 0 radical (unpaired) electrons. The van der Waals surface area contributed by atoms with E-state index in [1.807, 2.05) is 30.3 Å². The first-order valence-corrected chi connectivity index (χ1v) is 7.30. The van der Waals surface area contributed by atoms with Gasteiger partial charge in [0, 0.05) is 13.7 Å². The van der Waals surface area contributed by atoms with Crippen molar-refractivity contribution in [1.29, 1.82) is 0 Å². The molecule has 0 fully saturated rings. The molecule has 2 aromatic carbocycles. The molecular formula is C18H22FNO2. The van der Waals surface area contributed by atoms with Crippen LogP contribution in [0.25, 0.3) is 0 Å². The fourth-order valence-corrected chi connectivity index (χ4v) is 2.30. The second kappa shape index (κ2) is 8.51. The van der Waals surface area contributed by atoms with Crippen LogP contribution in [0.3, 0.4) is 0 Å². The molecule has 0 heterocycles. The molecular weight excluding hydrogens is 281 g/mol. The molecule has 118 valence electrons. The van der Waals surface area contributed by atoms with Crippen LogP contribution in [0.1, 0.15) is 23.3 Å². The fraction of sp³-hybridized carbons (Fsp3) is 0.333. The molecule has 0 aliphatic rings. The van der Waals surface area contributed by atoms with E-state index in [1.54, 1.807) is 38.5 Å². The van der Waals surface area contributed by atoms with Crippen molar-refractivity contribution in [2.45, 2.75) is 12.2 Å². The van der Waals surface area contributed by atoms with Crippen LogP contribution >= 0.6 is 0 Å². The number of rotatable bonds is 8. The summed E-state index contributed by atoms with van der Waals surface area (Å²) in [6.07, 6.45) is -1.08. The zero-order chi connectivity index (χ0) is 15.8. The number of ether oxygens (including phenoxy) is 2. The Balaban J connectivity index is 1.96. The van der Waals surface area contributed by atoms with Gasteiger partial charge in [0.25, 0.3) is 0 Å². The van der Waals surface area contributed by atoms with E-state index < -0.39 is 6.17 Å². The second-order valence-electron chi connectivity index (χ2n) is 5.07. The highest BCUT2D eigenvalue weighted by Crippen LogP contribution is 2.21. The van der Waals surface area contributed by atoms with Gasteiger partial charge in [0.1, 0.15) is 11.9 Å². The normalized spacial score (nSPS) is 13.6. The zero-order valence-corrected chi connectivity index (χ0v) is 13.0. The van der Waals surface area contributed by atoms with Crippen LogP contribution in [0.2, 0.25) is 0 Å². The van der Waals surface area contributed by atoms with Crippen molar-refractivity contribution in [3.05, 3.63) is 65.7 Å². The van der Waals surface area contributed by atoms with Gasteiger partial charge >= 0.3 is 0 Å². The molecule has 2 atom stereocenters. The van der Waals surface area contributed by atoms with Gasteiger partial charge in [-0.1, -0.05) is 42.5 Å². The van der Waals surface area contributed by atoms with Gasteiger partial charge in [-0.3, -0.25) is 0 Å². The molecule has 0 unspecified atom stereocenters. The van der Waals surface area contributed by atoms with E-state index in [9.17, 15) is 4.39 Å². The average molecular weight is 303 g/mol. The number of hydrogen-bond donors (Lipinski definition) is 1. The second-order valence-corrected chi connectivity index (χ2v) is 5.07. The molecule has 22 heavy (non-hydrogen) atoms. The maximum absolute atomic E-state index is 14.3. The van der Waals surface area contributed by atoms with E-state index >= 15 is 0 Å². The van der Waals surface area contributed by atoms with Crippen molar-refractivity contribution in [3.8, 4) is 5.75 Å². The molecule has 0 saturated heterocycles. The highest BCUT2D eigenvalue weighted by molar-refractivity contribution is 5.28. The molecule has 2 aromatic rings. The SMILES string of the molecule is COC[C@H](NC[C@H](F)c1ccc(OC)cc1)c1ccccc1. The Kier molecular flexibility index (Phi) is 6.37. The van der Waals surface area contributed by atoms with Gasteiger partial charge in [0.15, 0.2) is 0 Å². The first-order valence-electron chi connectivity index (χ1n) is 7.30. The maximum Gasteiger partial charge on any atom is 0.138 e. The topological polar surface area (TPSA) is 30.5 Å². The number of hydrogen-bond acceptors (Lipinski definition) is 3. The van der Waals surface area contributed by atoms with E-state index in [1.165, 1.54) is 0 Å². The van der Waals surface area contributed by atoms with Crippen LogP contribution < -0.4 is 10.1 Å². The van der Waals surface area contributed by atoms with Gasteiger partial charge < -0.3 is 14.8 Å². The lowest BCUT2D eigenvalue weighted by atomic mass is 10.1. The third-order valence-corrected chi connectivity index (χ3v) is 3.56. The molecule has 4 heteroatoms. The molecule has 0 aliphatic carbocycles. The summed E-state index contributed by atoms with van der Waals surface area (Å²) in [6, 6.07) is 16.9. The Labute approximate surface area is 131 Å². The van der Waals surface area contributed by atoms with Crippen molar-refractivity contribution in [2.75, 3.05) is 27.4 Å². The van der Waals surface area contributed by atoms with Crippen molar-refractivity contribution in [2.24, 2.45) is 0 Å². The lowest BCUT2D eigenvalue weighted by molar-refractivity contribution is 0.161. The third-order valence-electron chi connectivity index (χ3n) is 3.56. The minimum Gasteiger partial charge on any atom is -0.497 e. The largest absolute Gasteiger partial charge is 0.497 e. The third kappa shape index (κ3) is 4.55. The first-order chi connectivity index (χ1) is 10.7. The number of methoxy groups -OCH3 is 2. The molecule has 0 saturated carbocycles. The van der Waals surface area contributed by atoms with Crippen molar-refractivity contribution < 1.29 is 13.9 Å². The summed E-state index contributed by atoms with van der Waals surface area (Å²) in [5, 5.41) is 3.23. The monoisotopic (exact) mass is 303 g/mol. The average Bonchev–Trinajstić information content (AvgIpc) is 2.59. The fourth-order valence-electron chi connectivity index (χ4n) is 2.30. The maximum atomic E-state index is 14.3. The minimum atomic E-state index is -1.08. The summed E-state index contributed by atoms with van der Waals surface area (Å²) >= 11 is 0. The number of alkyl halides is 1. The van der Waals surface area contributed by atoms with Crippen LogP contribution in [0.15, 0.2) is 54.6 Å². The lowest BCUT2D eigenvalue weighted by Gasteiger charge is -2.20. The minimum absolute atomic E-state index is 0.0253. The van der Waals surface area contributed by atoms with Crippen molar-refractivity contribution >= 4 is 0 Å². The van der Waals surface area contributed by atoms with Crippen LogP contribution in [-0.4, -0.2) is 27.4 Å². The van der Waals surface area contributed by atoms with E-state index in [4.69, 9.17) is 9.47 Å². The summed E-state index contributed by atoms with van der Waals surface area (Å²) in [6.45, 7) is 0.731. The Morgan fingerprint density at radius 1 is 0.955 bits per heavy atom. The van der Waals surface area contributed by atoms with Gasteiger partial charge in [-0.2, -0.15) is 0 Å². The summed E-state index contributed by atoms with van der Waals surface area (Å²) in [7, 11) is 3.24. The smallest absolute Gasteiger partial charge is 0.138 e. The van der Waals surface area contributed by atoms with Gasteiger partial charge in [-0.05, 0) is 23.3 Å². The van der Waals surface area contributed by atoms with Gasteiger partial charge in [0.05, 0.1) is 19.8 Å². The van der Waals surface area contributed by atoms with Crippen LogP contribution in [0.5, 0.6) is 5.75 Å². The van der Waals surface area contributed by atoms with Gasteiger partial charge in [0.2, 0.25) is 0 Å².